The molecule has 0 saturated heterocycles. The van der Waals surface area contributed by atoms with Crippen LogP contribution in [0.4, 0.5) is 0 Å². The third-order valence-electron chi connectivity index (χ3n) is 2.74. The SMILES string of the molecule is [N-]=[N+]=NCCC#Cc1ccc(OCc2ccccc2)cc1. The van der Waals surface area contributed by atoms with E-state index in [-0.39, 0.29) is 0 Å². The molecule has 0 bridgehead atoms. The number of hydrogen-bond acceptors (Lipinski definition) is 2. The largest absolute Gasteiger partial charge is 0.489 e. The molecule has 0 heterocycles. The smallest absolute Gasteiger partial charge is 0.119 e. The number of ether oxygens (including phenoxy) is 1. The van der Waals surface area contributed by atoms with Gasteiger partial charge in [0.05, 0.1) is 0 Å². The van der Waals surface area contributed by atoms with Gasteiger partial charge in [0.25, 0.3) is 0 Å². The molecule has 21 heavy (non-hydrogen) atoms. The number of nitrogens with zero attached hydrogens (tertiary/aromatic N) is 3. The first-order valence-electron chi connectivity index (χ1n) is 6.65. The molecule has 0 fully saturated rings. The summed E-state index contributed by atoms with van der Waals surface area (Å²) in [5.74, 6) is 6.79. The van der Waals surface area contributed by atoms with Gasteiger partial charge in [-0.3, -0.25) is 0 Å². The van der Waals surface area contributed by atoms with Gasteiger partial charge in [0.1, 0.15) is 12.4 Å². The van der Waals surface area contributed by atoms with E-state index in [0.717, 1.165) is 16.9 Å². The quantitative estimate of drug-likeness (QED) is 0.264. The molecule has 0 aromatic heterocycles. The third kappa shape index (κ3) is 5.32. The second-order valence-electron chi connectivity index (χ2n) is 4.30. The Morgan fingerprint density at radius 2 is 1.81 bits per heavy atom. The molecule has 104 valence electrons. The molecule has 2 rings (SSSR count). The molecule has 0 radical (unpaired) electrons. The van der Waals surface area contributed by atoms with Crippen LogP contribution in [0.3, 0.4) is 0 Å². The van der Waals surface area contributed by atoms with Crippen molar-refractivity contribution in [2.24, 2.45) is 5.11 Å². The maximum absolute atomic E-state index is 8.14. The molecule has 0 N–H and O–H groups in total. The van der Waals surface area contributed by atoms with E-state index in [0.29, 0.717) is 19.6 Å². The van der Waals surface area contributed by atoms with Crippen LogP contribution in [-0.4, -0.2) is 6.54 Å². The lowest BCUT2D eigenvalue weighted by atomic mass is 10.2. The number of hydrogen-bond donors (Lipinski definition) is 0. The molecule has 0 saturated carbocycles. The monoisotopic (exact) mass is 277 g/mol. The molecule has 0 aliphatic carbocycles. The first-order valence-corrected chi connectivity index (χ1v) is 6.65. The van der Waals surface area contributed by atoms with Crippen molar-refractivity contribution in [3.63, 3.8) is 0 Å². The topological polar surface area (TPSA) is 58.0 Å². The third-order valence-corrected chi connectivity index (χ3v) is 2.74. The summed E-state index contributed by atoms with van der Waals surface area (Å²) < 4.78 is 5.70. The van der Waals surface area contributed by atoms with Crippen LogP contribution in [0, 0.1) is 11.8 Å². The van der Waals surface area contributed by atoms with Gasteiger partial charge in [0, 0.05) is 23.4 Å². The lowest BCUT2D eigenvalue weighted by Gasteiger charge is -2.05. The molecule has 0 unspecified atom stereocenters. The average molecular weight is 277 g/mol. The lowest BCUT2D eigenvalue weighted by molar-refractivity contribution is 0.306. The predicted molar refractivity (Wildman–Crippen MR) is 82.7 cm³/mol. The van der Waals surface area contributed by atoms with E-state index in [1.165, 1.54) is 0 Å². The van der Waals surface area contributed by atoms with E-state index in [9.17, 15) is 0 Å². The van der Waals surface area contributed by atoms with E-state index >= 15 is 0 Å². The summed E-state index contributed by atoms with van der Waals surface area (Å²) in [5.41, 5.74) is 10.2. The van der Waals surface area contributed by atoms with Crippen molar-refractivity contribution in [3.05, 3.63) is 76.2 Å². The normalized spacial score (nSPS) is 9.14. The van der Waals surface area contributed by atoms with Crippen LogP contribution >= 0.6 is 0 Å². The molecular weight excluding hydrogens is 262 g/mol. The summed E-state index contributed by atoms with van der Waals surface area (Å²) in [7, 11) is 0. The van der Waals surface area contributed by atoms with Crippen LogP contribution in [0.25, 0.3) is 10.4 Å². The first kappa shape index (κ1) is 14.5. The van der Waals surface area contributed by atoms with Gasteiger partial charge in [-0.15, -0.1) is 0 Å². The first-order chi connectivity index (χ1) is 10.4. The Kier molecular flexibility index (Phi) is 5.75. The minimum Gasteiger partial charge on any atom is -0.489 e. The molecule has 2 aromatic carbocycles. The summed E-state index contributed by atoms with van der Waals surface area (Å²) in [6, 6.07) is 17.7. The highest BCUT2D eigenvalue weighted by atomic mass is 16.5. The zero-order valence-corrected chi connectivity index (χ0v) is 11.6. The Morgan fingerprint density at radius 1 is 1.05 bits per heavy atom. The van der Waals surface area contributed by atoms with Crippen LogP contribution in [0.15, 0.2) is 59.7 Å². The van der Waals surface area contributed by atoms with Crippen LogP contribution in [0.5, 0.6) is 5.75 Å². The number of benzene rings is 2. The molecule has 4 heteroatoms. The summed E-state index contributed by atoms with van der Waals surface area (Å²) in [4.78, 5) is 2.68. The summed E-state index contributed by atoms with van der Waals surface area (Å²) in [6.07, 6.45) is 0.566. The Morgan fingerprint density at radius 3 is 2.52 bits per heavy atom. The van der Waals surface area contributed by atoms with Crippen molar-refractivity contribution in [2.75, 3.05) is 6.54 Å². The van der Waals surface area contributed by atoms with Gasteiger partial charge in [-0.1, -0.05) is 47.3 Å². The fourth-order valence-electron chi connectivity index (χ4n) is 1.69. The summed E-state index contributed by atoms with van der Waals surface area (Å²) >= 11 is 0. The highest BCUT2D eigenvalue weighted by Gasteiger charge is 1.95. The van der Waals surface area contributed by atoms with Crippen molar-refractivity contribution in [1.29, 1.82) is 0 Å². The fourth-order valence-corrected chi connectivity index (χ4v) is 1.69. The van der Waals surface area contributed by atoms with Gasteiger partial charge in [0.2, 0.25) is 0 Å². The van der Waals surface area contributed by atoms with E-state index in [2.05, 4.69) is 21.9 Å². The van der Waals surface area contributed by atoms with Gasteiger partial charge in [-0.05, 0) is 35.4 Å². The summed E-state index contributed by atoms with van der Waals surface area (Å²) in [5, 5.41) is 3.43. The molecule has 0 aliphatic heterocycles. The maximum atomic E-state index is 8.14. The molecular formula is C17H15N3O. The molecule has 4 nitrogen and oxygen atoms in total. The van der Waals surface area contributed by atoms with Crippen LogP contribution < -0.4 is 4.74 Å². The summed E-state index contributed by atoms with van der Waals surface area (Å²) in [6.45, 7) is 0.958. The van der Waals surface area contributed by atoms with Crippen LogP contribution in [-0.2, 0) is 6.61 Å². The van der Waals surface area contributed by atoms with Gasteiger partial charge in [0.15, 0.2) is 0 Å². The highest BCUT2D eigenvalue weighted by Crippen LogP contribution is 2.13. The van der Waals surface area contributed by atoms with Crippen molar-refractivity contribution in [3.8, 4) is 17.6 Å². The van der Waals surface area contributed by atoms with E-state index in [4.69, 9.17) is 10.3 Å². The fraction of sp³-hybridized carbons (Fsp3) is 0.176. The van der Waals surface area contributed by atoms with Crippen molar-refractivity contribution in [1.82, 2.24) is 0 Å². The Bertz CT molecular complexity index is 663. The Balaban J connectivity index is 1.85. The Labute approximate surface area is 124 Å². The molecule has 0 spiro atoms. The van der Waals surface area contributed by atoms with Gasteiger partial charge in [-0.2, -0.15) is 0 Å². The van der Waals surface area contributed by atoms with E-state index in [1.807, 2.05) is 54.6 Å². The highest BCUT2D eigenvalue weighted by molar-refractivity contribution is 5.38. The van der Waals surface area contributed by atoms with Gasteiger partial charge < -0.3 is 4.74 Å². The van der Waals surface area contributed by atoms with Crippen LogP contribution in [0.2, 0.25) is 0 Å². The zero-order valence-electron chi connectivity index (χ0n) is 11.6. The Hall–Kier alpha value is -2.89. The molecule has 0 atom stereocenters. The minimum absolute atomic E-state index is 0.405. The predicted octanol–water partition coefficient (Wildman–Crippen LogP) is 4.32. The van der Waals surface area contributed by atoms with E-state index < -0.39 is 0 Å². The molecule has 0 aliphatic rings. The zero-order chi connectivity index (χ0) is 14.8. The minimum atomic E-state index is 0.405. The van der Waals surface area contributed by atoms with Crippen molar-refractivity contribution in [2.45, 2.75) is 13.0 Å². The maximum Gasteiger partial charge on any atom is 0.119 e. The van der Waals surface area contributed by atoms with E-state index in [1.54, 1.807) is 0 Å². The second-order valence-corrected chi connectivity index (χ2v) is 4.30. The van der Waals surface area contributed by atoms with Gasteiger partial charge in [-0.25, -0.2) is 0 Å². The second kappa shape index (κ2) is 8.31. The lowest BCUT2D eigenvalue weighted by Crippen LogP contribution is -1.94. The molecule has 2 aromatic rings. The standard InChI is InChI=1S/C17H15N3O/c18-20-19-13-5-4-6-15-9-11-17(12-10-15)21-14-16-7-2-1-3-8-16/h1-3,7-12H,5,13-14H2. The number of rotatable bonds is 5. The van der Waals surface area contributed by atoms with Crippen molar-refractivity contribution >= 4 is 0 Å². The van der Waals surface area contributed by atoms with Gasteiger partial charge >= 0.3 is 0 Å². The van der Waals surface area contributed by atoms with Crippen molar-refractivity contribution < 1.29 is 4.74 Å². The van der Waals surface area contributed by atoms with Crippen LogP contribution in [0.1, 0.15) is 17.5 Å². The number of azide groups is 1. The average Bonchev–Trinajstić information content (AvgIpc) is 2.55. The molecule has 0 amide bonds.